The Morgan fingerprint density at radius 2 is 2.28 bits per heavy atom. The number of imidazole rings is 1. The zero-order valence-electron chi connectivity index (χ0n) is 10.6. The Bertz CT molecular complexity index is 543. The summed E-state index contributed by atoms with van der Waals surface area (Å²) in [5.74, 6) is -0.487. The maximum absolute atomic E-state index is 11.2. The van der Waals surface area contributed by atoms with Gasteiger partial charge in [0.25, 0.3) is 0 Å². The minimum Gasteiger partial charge on any atom is -0.464 e. The Morgan fingerprint density at radius 3 is 2.94 bits per heavy atom. The van der Waals surface area contributed by atoms with Crippen molar-refractivity contribution in [2.24, 2.45) is 0 Å². The summed E-state index contributed by atoms with van der Waals surface area (Å²) in [5, 5.41) is 7.64. The first kappa shape index (κ1) is 12.3. The molecule has 0 aliphatic rings. The zero-order valence-corrected chi connectivity index (χ0v) is 10.6. The number of nitrogens with zero attached hydrogens (tertiary/aromatic N) is 5. The number of aromatic nitrogens is 5. The van der Waals surface area contributed by atoms with E-state index in [9.17, 15) is 4.79 Å². The highest BCUT2D eigenvalue weighted by molar-refractivity contribution is 5.86. The Kier molecular flexibility index (Phi) is 3.40. The normalized spacial score (nSPS) is 10.9. The first-order valence-electron chi connectivity index (χ1n) is 5.61. The number of esters is 1. The molecule has 2 rings (SSSR count). The second-order valence-electron chi connectivity index (χ2n) is 4.18. The van der Waals surface area contributed by atoms with E-state index in [2.05, 4.69) is 33.9 Å². The number of ether oxygens (including phenoxy) is 1. The van der Waals surface area contributed by atoms with Crippen molar-refractivity contribution in [1.82, 2.24) is 24.5 Å². The van der Waals surface area contributed by atoms with Gasteiger partial charge in [0.1, 0.15) is 0 Å². The second-order valence-corrected chi connectivity index (χ2v) is 4.18. The van der Waals surface area contributed by atoms with Gasteiger partial charge in [0.15, 0.2) is 5.69 Å². The lowest BCUT2D eigenvalue weighted by Crippen LogP contribution is -2.09. The standard InChI is InChI=1S/C11H15N5O2/c1-8(2)16-7-12-4-9(16)5-15-6-10(13-14-15)11(17)18-3/h4,6-8H,5H2,1-3H3. The van der Waals surface area contributed by atoms with Gasteiger partial charge in [0, 0.05) is 6.04 Å². The minimum atomic E-state index is -0.487. The lowest BCUT2D eigenvalue weighted by molar-refractivity contribution is 0.0594. The van der Waals surface area contributed by atoms with E-state index in [1.807, 2.05) is 4.57 Å². The first-order valence-corrected chi connectivity index (χ1v) is 5.61. The fourth-order valence-corrected chi connectivity index (χ4v) is 1.66. The Labute approximate surface area is 104 Å². The van der Waals surface area contributed by atoms with Crippen LogP contribution in [0.25, 0.3) is 0 Å². The molecule has 0 aliphatic heterocycles. The van der Waals surface area contributed by atoms with Gasteiger partial charge >= 0.3 is 5.97 Å². The Morgan fingerprint density at radius 1 is 1.50 bits per heavy atom. The summed E-state index contributed by atoms with van der Waals surface area (Å²) in [4.78, 5) is 15.4. The van der Waals surface area contributed by atoms with Crippen molar-refractivity contribution in [3.63, 3.8) is 0 Å². The van der Waals surface area contributed by atoms with E-state index in [0.29, 0.717) is 12.6 Å². The molecule has 0 aliphatic carbocycles. The van der Waals surface area contributed by atoms with E-state index < -0.39 is 5.97 Å². The largest absolute Gasteiger partial charge is 0.464 e. The molecule has 0 spiro atoms. The molecular weight excluding hydrogens is 234 g/mol. The van der Waals surface area contributed by atoms with Crippen molar-refractivity contribution < 1.29 is 9.53 Å². The quantitative estimate of drug-likeness (QED) is 0.752. The number of hydrogen-bond donors (Lipinski definition) is 0. The highest BCUT2D eigenvalue weighted by Gasteiger charge is 2.12. The van der Waals surface area contributed by atoms with Crippen LogP contribution in [0.2, 0.25) is 0 Å². The van der Waals surface area contributed by atoms with Gasteiger partial charge in [0.05, 0.1) is 38.1 Å². The summed E-state index contributed by atoms with van der Waals surface area (Å²) in [5.41, 5.74) is 1.21. The molecule has 0 amide bonds. The maximum atomic E-state index is 11.2. The fourth-order valence-electron chi connectivity index (χ4n) is 1.66. The summed E-state index contributed by atoms with van der Waals surface area (Å²) < 4.78 is 8.20. The van der Waals surface area contributed by atoms with Crippen LogP contribution >= 0.6 is 0 Å². The first-order chi connectivity index (χ1) is 8.61. The third-order valence-corrected chi connectivity index (χ3v) is 2.56. The molecule has 0 fully saturated rings. The van der Waals surface area contributed by atoms with Crippen molar-refractivity contribution in [3.8, 4) is 0 Å². The number of carbonyl (C=O) groups is 1. The molecule has 0 aromatic carbocycles. The van der Waals surface area contributed by atoms with Gasteiger partial charge in [-0.1, -0.05) is 5.21 Å². The van der Waals surface area contributed by atoms with E-state index in [0.717, 1.165) is 5.69 Å². The molecule has 0 N–H and O–H groups in total. The molecule has 2 heterocycles. The van der Waals surface area contributed by atoms with E-state index >= 15 is 0 Å². The average molecular weight is 249 g/mol. The van der Waals surface area contributed by atoms with Crippen LogP contribution in [0.5, 0.6) is 0 Å². The van der Waals surface area contributed by atoms with Gasteiger partial charge in [-0.3, -0.25) is 0 Å². The summed E-state index contributed by atoms with van der Waals surface area (Å²) in [6.07, 6.45) is 5.11. The zero-order chi connectivity index (χ0) is 13.1. The second kappa shape index (κ2) is 4.99. The Balaban J connectivity index is 2.16. The molecular formula is C11H15N5O2. The summed E-state index contributed by atoms with van der Waals surface area (Å²) >= 11 is 0. The summed E-state index contributed by atoms with van der Waals surface area (Å²) in [6, 6.07) is 0.325. The molecule has 0 unspecified atom stereocenters. The molecule has 0 bridgehead atoms. The smallest absolute Gasteiger partial charge is 0.360 e. The van der Waals surface area contributed by atoms with Crippen LogP contribution < -0.4 is 0 Å². The van der Waals surface area contributed by atoms with Gasteiger partial charge in [-0.25, -0.2) is 14.5 Å². The topological polar surface area (TPSA) is 74.8 Å². The van der Waals surface area contributed by atoms with Crippen LogP contribution in [0.15, 0.2) is 18.7 Å². The molecule has 2 aromatic heterocycles. The van der Waals surface area contributed by atoms with Gasteiger partial charge < -0.3 is 9.30 Å². The van der Waals surface area contributed by atoms with E-state index in [4.69, 9.17) is 0 Å². The highest BCUT2D eigenvalue weighted by atomic mass is 16.5. The molecule has 7 nitrogen and oxygen atoms in total. The lowest BCUT2D eigenvalue weighted by Gasteiger charge is -2.10. The monoisotopic (exact) mass is 249 g/mol. The molecule has 0 radical (unpaired) electrons. The Hall–Kier alpha value is -2.18. The molecule has 7 heteroatoms. The van der Waals surface area contributed by atoms with E-state index in [1.165, 1.54) is 7.11 Å². The fraction of sp³-hybridized carbons (Fsp3) is 0.455. The number of carbonyl (C=O) groups excluding carboxylic acids is 1. The average Bonchev–Trinajstić information content (AvgIpc) is 2.97. The van der Waals surface area contributed by atoms with Gasteiger partial charge in [-0.2, -0.15) is 0 Å². The summed E-state index contributed by atoms with van der Waals surface area (Å²) in [6.45, 7) is 4.67. The van der Waals surface area contributed by atoms with Crippen molar-refractivity contribution in [2.45, 2.75) is 26.4 Å². The third kappa shape index (κ3) is 2.39. The van der Waals surface area contributed by atoms with E-state index in [-0.39, 0.29) is 5.69 Å². The van der Waals surface area contributed by atoms with Gasteiger partial charge in [-0.15, -0.1) is 5.10 Å². The number of methoxy groups -OCH3 is 1. The summed E-state index contributed by atoms with van der Waals surface area (Å²) in [7, 11) is 1.31. The minimum absolute atomic E-state index is 0.202. The van der Waals surface area contributed by atoms with E-state index in [1.54, 1.807) is 23.4 Å². The SMILES string of the molecule is COC(=O)c1cn(Cc2cncn2C(C)C)nn1. The molecule has 2 aromatic rings. The van der Waals surface area contributed by atoms with Crippen molar-refractivity contribution in [1.29, 1.82) is 0 Å². The van der Waals surface area contributed by atoms with Crippen LogP contribution in [0, 0.1) is 0 Å². The molecule has 0 saturated carbocycles. The van der Waals surface area contributed by atoms with Gasteiger partial charge in [-0.05, 0) is 13.8 Å². The predicted octanol–water partition coefficient (Wildman–Crippen LogP) is 0.890. The van der Waals surface area contributed by atoms with Crippen LogP contribution in [-0.4, -0.2) is 37.6 Å². The van der Waals surface area contributed by atoms with Crippen molar-refractivity contribution >= 4 is 5.97 Å². The number of hydrogen-bond acceptors (Lipinski definition) is 5. The van der Waals surface area contributed by atoms with Crippen molar-refractivity contribution in [3.05, 3.63) is 30.1 Å². The third-order valence-electron chi connectivity index (χ3n) is 2.56. The molecule has 96 valence electrons. The predicted molar refractivity (Wildman–Crippen MR) is 63.1 cm³/mol. The van der Waals surface area contributed by atoms with Crippen LogP contribution in [-0.2, 0) is 11.3 Å². The molecule has 18 heavy (non-hydrogen) atoms. The van der Waals surface area contributed by atoms with Gasteiger partial charge in [0.2, 0.25) is 0 Å². The molecule has 0 atom stereocenters. The highest BCUT2D eigenvalue weighted by Crippen LogP contribution is 2.10. The van der Waals surface area contributed by atoms with Crippen LogP contribution in [0.1, 0.15) is 36.1 Å². The van der Waals surface area contributed by atoms with Crippen LogP contribution in [0.3, 0.4) is 0 Å². The lowest BCUT2D eigenvalue weighted by atomic mass is 10.3. The molecule has 0 saturated heterocycles. The van der Waals surface area contributed by atoms with Crippen LogP contribution in [0.4, 0.5) is 0 Å². The van der Waals surface area contributed by atoms with Crippen molar-refractivity contribution in [2.75, 3.05) is 7.11 Å². The maximum Gasteiger partial charge on any atom is 0.360 e. The number of rotatable bonds is 4.